The van der Waals surface area contributed by atoms with Crippen LogP contribution in [0.4, 0.5) is 4.79 Å². The molecule has 3 rings (SSSR count). The van der Waals surface area contributed by atoms with Gasteiger partial charge in [0, 0.05) is 38.3 Å². The van der Waals surface area contributed by atoms with E-state index in [0.717, 1.165) is 26.2 Å². The third kappa shape index (κ3) is 4.12. The Bertz CT molecular complexity index is 621. The van der Waals surface area contributed by atoms with Crippen molar-refractivity contribution in [3.05, 3.63) is 35.0 Å². The van der Waals surface area contributed by atoms with E-state index in [-0.39, 0.29) is 12.1 Å². The second kappa shape index (κ2) is 7.76. The Morgan fingerprint density at radius 3 is 2.75 bits per heavy atom. The maximum atomic E-state index is 12.4. The molecule has 0 aliphatic carbocycles. The summed E-state index contributed by atoms with van der Waals surface area (Å²) in [4.78, 5) is 20.6. The summed E-state index contributed by atoms with van der Waals surface area (Å²) in [5.74, 6) is 0. The first-order chi connectivity index (χ1) is 11.6. The zero-order valence-electron chi connectivity index (χ0n) is 14.1. The summed E-state index contributed by atoms with van der Waals surface area (Å²) in [6.07, 6.45) is 3.16. The maximum Gasteiger partial charge on any atom is 0.317 e. The van der Waals surface area contributed by atoms with E-state index >= 15 is 0 Å². The lowest BCUT2D eigenvalue weighted by Gasteiger charge is -2.38. The maximum absolute atomic E-state index is 12.4. The fraction of sp³-hybridized carbons (Fsp3) is 0.562. The monoisotopic (exact) mass is 348 g/mol. The highest BCUT2D eigenvalue weighted by atomic mass is 32.1. The number of rotatable bonds is 5. The first kappa shape index (κ1) is 16.9. The summed E-state index contributed by atoms with van der Waals surface area (Å²) < 4.78 is 1.73. The number of hydrogen-bond donors (Lipinski definition) is 1. The van der Waals surface area contributed by atoms with Crippen molar-refractivity contribution in [1.82, 2.24) is 29.9 Å². The minimum Gasteiger partial charge on any atom is -0.334 e. The second-order valence-electron chi connectivity index (χ2n) is 6.22. The van der Waals surface area contributed by atoms with Crippen molar-refractivity contribution in [3.8, 4) is 0 Å². The number of amides is 2. The molecule has 0 bridgehead atoms. The fourth-order valence-corrected chi connectivity index (χ4v) is 3.74. The second-order valence-corrected chi connectivity index (χ2v) is 7.00. The zero-order chi connectivity index (χ0) is 16.9. The van der Waals surface area contributed by atoms with Gasteiger partial charge < -0.3 is 10.2 Å². The number of carbonyl (C=O) groups excluding carboxylic acids is 1. The van der Waals surface area contributed by atoms with Gasteiger partial charge in [0.2, 0.25) is 0 Å². The van der Waals surface area contributed by atoms with Gasteiger partial charge in [-0.05, 0) is 36.2 Å². The molecule has 130 valence electrons. The molecule has 1 fully saturated rings. The third-order valence-electron chi connectivity index (χ3n) is 4.47. The number of piperazine rings is 1. The molecule has 2 aromatic heterocycles. The molecule has 0 radical (unpaired) electrons. The normalized spacial score (nSPS) is 18.3. The Kier molecular flexibility index (Phi) is 5.47. The standard InChI is InChI=1S/C16H24N6OS/c1-13(9-22-12-17-11-18-22)19-16(23)21-6-4-20(5-7-21)14(2)15-3-8-24-10-15/h3,8,10-14H,4-7,9H2,1-2H3,(H,19,23)/t13-,14-/m0/s1. The predicted molar refractivity (Wildman–Crippen MR) is 93.9 cm³/mol. The molecule has 8 heteroatoms. The molecule has 3 heterocycles. The SMILES string of the molecule is C[C@@H](Cn1cncn1)NC(=O)N1CCN([C@@H](C)c2ccsc2)CC1. The summed E-state index contributed by atoms with van der Waals surface area (Å²) >= 11 is 1.73. The summed E-state index contributed by atoms with van der Waals surface area (Å²) in [7, 11) is 0. The Morgan fingerprint density at radius 1 is 1.33 bits per heavy atom. The number of aromatic nitrogens is 3. The van der Waals surface area contributed by atoms with Gasteiger partial charge in [-0.25, -0.2) is 9.78 Å². The van der Waals surface area contributed by atoms with Crippen LogP contribution in [0.3, 0.4) is 0 Å². The molecular weight excluding hydrogens is 324 g/mol. The van der Waals surface area contributed by atoms with E-state index in [2.05, 4.69) is 44.0 Å². The van der Waals surface area contributed by atoms with E-state index < -0.39 is 0 Å². The Balaban J connectivity index is 1.45. The topological polar surface area (TPSA) is 66.3 Å². The van der Waals surface area contributed by atoms with E-state index in [4.69, 9.17) is 0 Å². The van der Waals surface area contributed by atoms with Gasteiger partial charge in [0.25, 0.3) is 0 Å². The van der Waals surface area contributed by atoms with Gasteiger partial charge in [0.05, 0.1) is 6.54 Å². The quantitative estimate of drug-likeness (QED) is 0.895. The number of nitrogens with one attached hydrogen (secondary N) is 1. The average molecular weight is 348 g/mol. The molecule has 1 N–H and O–H groups in total. The first-order valence-electron chi connectivity index (χ1n) is 8.27. The zero-order valence-corrected chi connectivity index (χ0v) is 14.9. The van der Waals surface area contributed by atoms with E-state index in [9.17, 15) is 4.79 Å². The lowest BCUT2D eigenvalue weighted by atomic mass is 10.1. The molecule has 24 heavy (non-hydrogen) atoms. The average Bonchev–Trinajstić information content (AvgIpc) is 3.27. The summed E-state index contributed by atoms with van der Waals surface area (Å²) in [5.41, 5.74) is 1.36. The third-order valence-corrected chi connectivity index (χ3v) is 5.17. The lowest BCUT2D eigenvalue weighted by Crippen LogP contribution is -2.53. The van der Waals surface area contributed by atoms with Crippen molar-refractivity contribution >= 4 is 17.4 Å². The van der Waals surface area contributed by atoms with Gasteiger partial charge in [-0.15, -0.1) is 0 Å². The van der Waals surface area contributed by atoms with E-state index in [1.807, 2.05) is 11.8 Å². The number of thiophene rings is 1. The molecule has 2 aromatic rings. The summed E-state index contributed by atoms with van der Waals surface area (Å²) in [5, 5.41) is 11.4. The molecule has 0 saturated carbocycles. The van der Waals surface area contributed by atoms with Gasteiger partial charge in [-0.3, -0.25) is 9.58 Å². The van der Waals surface area contributed by atoms with Gasteiger partial charge in [-0.2, -0.15) is 16.4 Å². The van der Waals surface area contributed by atoms with Crippen LogP contribution in [0.25, 0.3) is 0 Å². The van der Waals surface area contributed by atoms with Crippen molar-refractivity contribution in [3.63, 3.8) is 0 Å². The highest BCUT2D eigenvalue weighted by Gasteiger charge is 2.25. The predicted octanol–water partition coefficient (Wildman–Crippen LogP) is 1.82. The highest BCUT2D eigenvalue weighted by Crippen LogP contribution is 2.23. The molecule has 1 aliphatic heterocycles. The van der Waals surface area contributed by atoms with Crippen LogP contribution in [0.5, 0.6) is 0 Å². The van der Waals surface area contributed by atoms with Crippen LogP contribution in [0, 0.1) is 0 Å². The van der Waals surface area contributed by atoms with Crippen molar-refractivity contribution < 1.29 is 4.79 Å². The molecule has 2 amide bonds. The van der Waals surface area contributed by atoms with Crippen LogP contribution in [-0.4, -0.2) is 62.8 Å². The van der Waals surface area contributed by atoms with E-state index in [1.165, 1.54) is 11.9 Å². The number of urea groups is 1. The summed E-state index contributed by atoms with van der Waals surface area (Å²) in [6.45, 7) is 8.17. The van der Waals surface area contributed by atoms with Gasteiger partial charge in [0.15, 0.2) is 0 Å². The lowest BCUT2D eigenvalue weighted by molar-refractivity contribution is 0.112. The summed E-state index contributed by atoms with van der Waals surface area (Å²) in [6, 6.07) is 2.61. The van der Waals surface area contributed by atoms with Crippen molar-refractivity contribution in [1.29, 1.82) is 0 Å². The molecule has 0 unspecified atom stereocenters. The van der Waals surface area contributed by atoms with Crippen LogP contribution < -0.4 is 5.32 Å². The Labute approximate surface area is 146 Å². The van der Waals surface area contributed by atoms with Gasteiger partial charge >= 0.3 is 6.03 Å². The number of nitrogens with zero attached hydrogens (tertiary/aromatic N) is 5. The van der Waals surface area contributed by atoms with Crippen LogP contribution in [-0.2, 0) is 6.54 Å². The van der Waals surface area contributed by atoms with Gasteiger partial charge in [-0.1, -0.05) is 0 Å². The van der Waals surface area contributed by atoms with Crippen LogP contribution in [0.15, 0.2) is 29.5 Å². The molecule has 1 saturated heterocycles. The smallest absolute Gasteiger partial charge is 0.317 e. The highest BCUT2D eigenvalue weighted by molar-refractivity contribution is 7.07. The Morgan fingerprint density at radius 2 is 2.12 bits per heavy atom. The first-order valence-corrected chi connectivity index (χ1v) is 9.22. The molecular formula is C16H24N6OS. The number of hydrogen-bond acceptors (Lipinski definition) is 5. The molecule has 2 atom stereocenters. The van der Waals surface area contributed by atoms with Crippen molar-refractivity contribution in [2.75, 3.05) is 26.2 Å². The van der Waals surface area contributed by atoms with Crippen molar-refractivity contribution in [2.24, 2.45) is 0 Å². The minimum absolute atomic E-state index is 0.00505. The largest absolute Gasteiger partial charge is 0.334 e. The molecule has 1 aliphatic rings. The molecule has 7 nitrogen and oxygen atoms in total. The Hall–Kier alpha value is -1.93. The van der Waals surface area contributed by atoms with Crippen LogP contribution in [0.1, 0.15) is 25.5 Å². The van der Waals surface area contributed by atoms with Gasteiger partial charge in [0.1, 0.15) is 12.7 Å². The van der Waals surface area contributed by atoms with Crippen LogP contribution >= 0.6 is 11.3 Å². The van der Waals surface area contributed by atoms with E-state index in [1.54, 1.807) is 22.3 Å². The van der Waals surface area contributed by atoms with Crippen molar-refractivity contribution in [2.45, 2.75) is 32.5 Å². The minimum atomic E-state index is 0.00505. The molecule has 0 aromatic carbocycles. The molecule has 0 spiro atoms. The number of carbonyl (C=O) groups is 1. The van der Waals surface area contributed by atoms with Crippen LogP contribution in [0.2, 0.25) is 0 Å². The van der Waals surface area contributed by atoms with E-state index in [0.29, 0.717) is 12.6 Å². The fourth-order valence-electron chi connectivity index (χ4n) is 2.99.